The molecule has 1 aromatic carbocycles. The van der Waals surface area contributed by atoms with Gasteiger partial charge >= 0.3 is 6.03 Å². The number of nitrogens with one attached hydrogen (secondary N) is 3. The van der Waals surface area contributed by atoms with E-state index in [1.807, 2.05) is 0 Å². The van der Waals surface area contributed by atoms with Crippen LogP contribution in [0.25, 0.3) is 0 Å². The Morgan fingerprint density at radius 3 is 2.04 bits per heavy atom. The smallest absolute Gasteiger partial charge is 0.321 e. The lowest BCUT2D eigenvalue weighted by Gasteiger charge is -2.26. The molecule has 0 aromatic heterocycles. The highest BCUT2D eigenvalue weighted by Crippen LogP contribution is 2.23. The van der Waals surface area contributed by atoms with Crippen molar-refractivity contribution in [1.29, 1.82) is 0 Å². The quantitative estimate of drug-likeness (QED) is 0.718. The normalized spacial score (nSPS) is 13.7. The molecular weight excluding hydrogens is 302 g/mol. The lowest BCUT2D eigenvalue weighted by atomic mass is 9.93. The number of amides is 3. The summed E-state index contributed by atoms with van der Waals surface area (Å²) in [5.41, 5.74) is 2.47. The number of carbonyl (C=O) groups excluding carboxylic acids is 2. The van der Waals surface area contributed by atoms with Crippen molar-refractivity contribution in [3.05, 3.63) is 35.4 Å². The van der Waals surface area contributed by atoms with Crippen molar-refractivity contribution < 1.29 is 9.59 Å². The van der Waals surface area contributed by atoms with Crippen molar-refractivity contribution in [2.45, 2.75) is 53.1 Å². The fraction of sp³-hybridized carbons (Fsp3) is 0.579. The highest BCUT2D eigenvalue weighted by molar-refractivity contribution is 5.96. The molecule has 0 fully saturated rings. The van der Waals surface area contributed by atoms with Crippen molar-refractivity contribution >= 4 is 11.9 Å². The van der Waals surface area contributed by atoms with Crippen LogP contribution in [0.1, 0.15) is 51.8 Å². The third-order valence-corrected chi connectivity index (χ3v) is 3.94. The van der Waals surface area contributed by atoms with Crippen LogP contribution in [0.3, 0.4) is 0 Å². The third kappa shape index (κ3) is 6.32. The van der Waals surface area contributed by atoms with Gasteiger partial charge in [0.1, 0.15) is 0 Å². The van der Waals surface area contributed by atoms with Gasteiger partial charge in [-0.3, -0.25) is 15.4 Å². The van der Waals surface area contributed by atoms with Crippen LogP contribution < -0.4 is 16.0 Å². The molecule has 1 aromatic rings. The molecule has 0 radical (unpaired) electrons. The zero-order valence-corrected chi connectivity index (χ0v) is 15.6. The monoisotopic (exact) mass is 333 g/mol. The molecule has 3 N–H and O–H groups in total. The van der Waals surface area contributed by atoms with Gasteiger partial charge in [0, 0.05) is 13.1 Å². The predicted octanol–water partition coefficient (Wildman–Crippen LogP) is 3.02. The second kappa shape index (κ2) is 9.42. The highest BCUT2D eigenvalue weighted by Gasteiger charge is 2.22. The van der Waals surface area contributed by atoms with Gasteiger partial charge < -0.3 is 5.32 Å². The molecule has 5 heteroatoms. The van der Waals surface area contributed by atoms with Crippen molar-refractivity contribution in [3.8, 4) is 0 Å². The summed E-state index contributed by atoms with van der Waals surface area (Å²) in [5, 5.41) is 8.02. The van der Waals surface area contributed by atoms with Crippen molar-refractivity contribution in [2.75, 3.05) is 7.05 Å². The number of hydrogen-bond acceptors (Lipinski definition) is 3. The molecule has 134 valence electrons. The summed E-state index contributed by atoms with van der Waals surface area (Å²) in [5.74, 6) is 0.607. The maximum absolute atomic E-state index is 12.0. The molecule has 0 aliphatic heterocycles. The van der Waals surface area contributed by atoms with Crippen molar-refractivity contribution in [2.24, 2.45) is 11.8 Å². The van der Waals surface area contributed by atoms with Crippen LogP contribution in [-0.4, -0.2) is 25.0 Å². The Labute approximate surface area is 145 Å². The minimum absolute atomic E-state index is 0.0449. The number of benzene rings is 1. The van der Waals surface area contributed by atoms with E-state index in [9.17, 15) is 9.59 Å². The molecular formula is C19H31N3O2. The van der Waals surface area contributed by atoms with Gasteiger partial charge in [-0.15, -0.1) is 0 Å². The molecule has 5 nitrogen and oxygen atoms in total. The molecule has 0 aliphatic carbocycles. The van der Waals surface area contributed by atoms with Gasteiger partial charge in [-0.05, 0) is 36.3 Å². The van der Waals surface area contributed by atoms with E-state index in [-0.39, 0.29) is 11.9 Å². The van der Waals surface area contributed by atoms with E-state index in [1.165, 1.54) is 12.6 Å². The van der Waals surface area contributed by atoms with Crippen molar-refractivity contribution in [1.82, 2.24) is 16.0 Å². The van der Waals surface area contributed by atoms with Gasteiger partial charge in [-0.25, -0.2) is 4.79 Å². The average molecular weight is 333 g/mol. The van der Waals surface area contributed by atoms with Crippen LogP contribution in [-0.2, 0) is 11.2 Å². The molecule has 0 saturated carbocycles. The van der Waals surface area contributed by atoms with Crippen LogP contribution in [0, 0.1) is 11.8 Å². The van der Waals surface area contributed by atoms with E-state index < -0.39 is 12.1 Å². The second-order valence-electron chi connectivity index (χ2n) is 7.02. The van der Waals surface area contributed by atoms with Crippen molar-refractivity contribution in [3.63, 3.8) is 0 Å². The minimum atomic E-state index is -0.493. The topological polar surface area (TPSA) is 70.2 Å². The first-order valence-corrected chi connectivity index (χ1v) is 8.62. The first kappa shape index (κ1) is 20.2. The van der Waals surface area contributed by atoms with E-state index in [1.54, 1.807) is 6.92 Å². The summed E-state index contributed by atoms with van der Waals surface area (Å²) < 4.78 is 0. The fourth-order valence-electron chi connectivity index (χ4n) is 2.63. The average Bonchev–Trinajstić information content (AvgIpc) is 2.52. The number of hydrogen-bond donors (Lipinski definition) is 3. The van der Waals surface area contributed by atoms with Gasteiger partial charge in [0.05, 0.1) is 6.04 Å². The summed E-state index contributed by atoms with van der Waals surface area (Å²) in [7, 11) is 1.48. The Bertz CT molecular complexity index is 538. The standard InChI is InChI=1S/C19H31N3O2/c1-12(2)11-15-7-9-16(10-8-15)17(13(3)4)21-14(5)18(23)22-19(24)20-6/h7-10,12-14,17,21H,11H2,1-6H3,(H2,20,22,23,24)/t14-,17-/m0/s1. The first-order valence-electron chi connectivity index (χ1n) is 8.62. The van der Waals surface area contributed by atoms with E-state index >= 15 is 0 Å². The summed E-state index contributed by atoms with van der Waals surface area (Å²) >= 11 is 0. The van der Waals surface area contributed by atoms with Gasteiger partial charge in [0.15, 0.2) is 0 Å². The molecule has 0 spiro atoms. The Balaban J connectivity index is 2.79. The number of rotatable bonds is 7. The first-order chi connectivity index (χ1) is 11.2. The number of carbonyl (C=O) groups is 2. The summed E-state index contributed by atoms with van der Waals surface area (Å²) in [4.78, 5) is 23.3. The highest BCUT2D eigenvalue weighted by atomic mass is 16.2. The number of imide groups is 1. The summed E-state index contributed by atoms with van der Waals surface area (Å²) in [6.45, 7) is 10.4. The van der Waals surface area contributed by atoms with E-state index in [0.717, 1.165) is 12.0 Å². The molecule has 0 heterocycles. The second-order valence-corrected chi connectivity index (χ2v) is 7.02. The third-order valence-electron chi connectivity index (χ3n) is 3.94. The molecule has 1 rings (SSSR count). The van der Waals surface area contributed by atoms with Gasteiger partial charge in [0.2, 0.25) is 5.91 Å². The Kier molecular flexibility index (Phi) is 7.92. The molecule has 0 aliphatic rings. The Hall–Kier alpha value is -1.88. The van der Waals surface area contributed by atoms with Gasteiger partial charge in [0.25, 0.3) is 0 Å². The van der Waals surface area contributed by atoms with Crippen LogP contribution in [0.15, 0.2) is 24.3 Å². The summed E-state index contributed by atoms with van der Waals surface area (Å²) in [6, 6.07) is 7.64. The Morgan fingerprint density at radius 2 is 1.58 bits per heavy atom. The van der Waals surface area contributed by atoms with Crippen LogP contribution in [0.5, 0.6) is 0 Å². The molecule has 24 heavy (non-hydrogen) atoms. The van der Waals surface area contributed by atoms with Gasteiger partial charge in [-0.1, -0.05) is 52.0 Å². The molecule has 0 saturated heterocycles. The fourth-order valence-corrected chi connectivity index (χ4v) is 2.63. The zero-order chi connectivity index (χ0) is 18.3. The Morgan fingerprint density at radius 1 is 1.00 bits per heavy atom. The molecule has 3 amide bonds. The van der Waals surface area contributed by atoms with Crippen LogP contribution in [0.2, 0.25) is 0 Å². The van der Waals surface area contributed by atoms with Crippen LogP contribution >= 0.6 is 0 Å². The molecule has 0 unspecified atom stereocenters. The summed E-state index contributed by atoms with van der Waals surface area (Å²) in [6.07, 6.45) is 1.06. The van der Waals surface area contributed by atoms with E-state index in [0.29, 0.717) is 11.8 Å². The maximum atomic E-state index is 12.0. The minimum Gasteiger partial charge on any atom is -0.341 e. The largest absolute Gasteiger partial charge is 0.341 e. The van der Waals surface area contributed by atoms with Gasteiger partial charge in [-0.2, -0.15) is 0 Å². The maximum Gasteiger partial charge on any atom is 0.321 e. The predicted molar refractivity (Wildman–Crippen MR) is 97.8 cm³/mol. The lowest BCUT2D eigenvalue weighted by Crippen LogP contribution is -2.48. The van der Waals surface area contributed by atoms with Crippen LogP contribution in [0.4, 0.5) is 4.79 Å². The molecule has 2 atom stereocenters. The number of urea groups is 1. The SMILES string of the molecule is CNC(=O)NC(=O)[C@H](C)N[C@H](c1ccc(CC(C)C)cc1)C(C)C. The van der Waals surface area contributed by atoms with E-state index in [2.05, 4.69) is 67.9 Å². The lowest BCUT2D eigenvalue weighted by molar-refractivity contribution is -0.121. The zero-order valence-electron chi connectivity index (χ0n) is 15.6. The van der Waals surface area contributed by atoms with E-state index in [4.69, 9.17) is 0 Å². The molecule has 0 bridgehead atoms.